The number of nitro benzene ring substituents is 1. The van der Waals surface area contributed by atoms with E-state index in [0.717, 1.165) is 11.6 Å². The molecule has 0 radical (unpaired) electrons. The van der Waals surface area contributed by atoms with Gasteiger partial charge < -0.3 is 10.8 Å². The minimum Gasteiger partial charge on any atom is -0.502 e. The first-order chi connectivity index (χ1) is 7.82. The van der Waals surface area contributed by atoms with Crippen LogP contribution < -0.4 is 5.73 Å². The Labute approximate surface area is 110 Å². The lowest BCUT2D eigenvalue weighted by Gasteiger charge is -2.13. The molecule has 0 saturated heterocycles. The van der Waals surface area contributed by atoms with Crippen molar-refractivity contribution in [1.29, 1.82) is 0 Å². The van der Waals surface area contributed by atoms with Crippen molar-refractivity contribution in [2.24, 2.45) is 5.73 Å². The van der Waals surface area contributed by atoms with Crippen LogP contribution in [0.25, 0.3) is 0 Å². The third-order valence-electron chi connectivity index (χ3n) is 2.25. The number of hydrogen-bond donors (Lipinski definition) is 2. The van der Waals surface area contributed by atoms with Crippen molar-refractivity contribution in [1.82, 2.24) is 0 Å². The molecular formula is C11H14ClFN2O3. The fraction of sp³-hybridized carbons (Fsp3) is 0.273. The Bertz CT molecular complexity index is 480. The van der Waals surface area contributed by atoms with Crippen LogP contribution in [-0.4, -0.2) is 10.0 Å². The number of hydrogen-bond acceptors (Lipinski definition) is 4. The zero-order valence-electron chi connectivity index (χ0n) is 9.72. The lowest BCUT2D eigenvalue weighted by molar-refractivity contribution is -0.386. The summed E-state index contributed by atoms with van der Waals surface area (Å²) in [6.07, 6.45) is 0.314. The molecule has 0 heterocycles. The second kappa shape index (κ2) is 6.32. The molecule has 0 aliphatic carbocycles. The van der Waals surface area contributed by atoms with Gasteiger partial charge in [0.25, 0.3) is 0 Å². The Hall–Kier alpha value is -1.66. The van der Waals surface area contributed by atoms with E-state index in [-0.39, 0.29) is 18.0 Å². The minimum atomic E-state index is -0.852. The van der Waals surface area contributed by atoms with Crippen molar-refractivity contribution in [3.8, 4) is 5.75 Å². The second-order valence-corrected chi connectivity index (χ2v) is 3.89. The van der Waals surface area contributed by atoms with E-state index in [1.54, 1.807) is 6.92 Å². The molecule has 1 rings (SSSR count). The summed E-state index contributed by atoms with van der Waals surface area (Å²) in [7, 11) is 0. The van der Waals surface area contributed by atoms with Crippen LogP contribution in [0.3, 0.4) is 0 Å². The van der Waals surface area contributed by atoms with Gasteiger partial charge in [0.15, 0.2) is 5.75 Å². The highest BCUT2D eigenvalue weighted by atomic mass is 35.5. The number of phenols is 1. The van der Waals surface area contributed by atoms with Crippen LogP contribution in [0.1, 0.15) is 24.9 Å². The van der Waals surface area contributed by atoms with Crippen molar-refractivity contribution < 1.29 is 14.4 Å². The lowest BCUT2D eigenvalue weighted by Crippen LogP contribution is -2.11. The summed E-state index contributed by atoms with van der Waals surface area (Å²) in [5, 5.41) is 20.2. The van der Waals surface area contributed by atoms with Gasteiger partial charge in [-0.3, -0.25) is 10.1 Å². The number of benzene rings is 1. The maximum Gasteiger partial charge on any atom is 0.313 e. The van der Waals surface area contributed by atoms with E-state index >= 15 is 0 Å². The number of nitro groups is 1. The van der Waals surface area contributed by atoms with Gasteiger partial charge in [-0.2, -0.15) is 0 Å². The van der Waals surface area contributed by atoms with Crippen LogP contribution in [0.2, 0.25) is 0 Å². The van der Waals surface area contributed by atoms with Gasteiger partial charge in [0.2, 0.25) is 0 Å². The molecule has 1 atom stereocenters. The normalized spacial score (nSPS) is 11.5. The molecule has 0 aromatic heterocycles. The first-order valence-electron chi connectivity index (χ1n) is 4.89. The molecule has 0 amide bonds. The number of phenolic OH excluding ortho intramolecular Hbond substituents is 1. The van der Waals surface area contributed by atoms with E-state index in [0.29, 0.717) is 12.5 Å². The highest BCUT2D eigenvalue weighted by molar-refractivity contribution is 5.85. The summed E-state index contributed by atoms with van der Waals surface area (Å²) >= 11 is 0. The summed E-state index contributed by atoms with van der Waals surface area (Å²) in [6, 6.07) is 0.935. The van der Waals surface area contributed by atoms with Gasteiger partial charge in [-0.1, -0.05) is 5.57 Å². The summed E-state index contributed by atoms with van der Waals surface area (Å²) in [4.78, 5) is 9.74. The van der Waals surface area contributed by atoms with Crippen molar-refractivity contribution >= 4 is 18.1 Å². The maximum absolute atomic E-state index is 13.2. The number of nitrogens with zero attached hydrogens (tertiary/aromatic N) is 1. The predicted molar refractivity (Wildman–Crippen MR) is 68.3 cm³/mol. The molecule has 0 fully saturated rings. The zero-order chi connectivity index (χ0) is 13.2. The van der Waals surface area contributed by atoms with Crippen molar-refractivity contribution in [3.63, 3.8) is 0 Å². The Morgan fingerprint density at radius 2 is 2.22 bits per heavy atom. The molecule has 0 saturated carbocycles. The Kier molecular flexibility index (Phi) is 5.74. The predicted octanol–water partition coefficient (Wildman–Crippen LogP) is 2.83. The van der Waals surface area contributed by atoms with Crippen LogP contribution >= 0.6 is 12.4 Å². The molecule has 0 bridgehead atoms. The van der Waals surface area contributed by atoms with Crippen molar-refractivity contribution in [2.75, 3.05) is 0 Å². The molecule has 1 aromatic rings. The van der Waals surface area contributed by atoms with Crippen LogP contribution in [0, 0.1) is 15.9 Å². The second-order valence-electron chi connectivity index (χ2n) is 3.89. The quantitative estimate of drug-likeness (QED) is 0.503. The number of halogens is 2. The van der Waals surface area contributed by atoms with E-state index in [9.17, 15) is 19.6 Å². The summed E-state index contributed by atoms with van der Waals surface area (Å²) in [5.74, 6) is -1.40. The van der Waals surface area contributed by atoms with Gasteiger partial charge in [0.1, 0.15) is 5.82 Å². The number of rotatable bonds is 4. The van der Waals surface area contributed by atoms with E-state index in [2.05, 4.69) is 6.58 Å². The smallest absolute Gasteiger partial charge is 0.313 e. The molecule has 18 heavy (non-hydrogen) atoms. The van der Waals surface area contributed by atoms with Gasteiger partial charge in [-0.05, 0) is 19.4 Å². The van der Waals surface area contributed by atoms with Crippen LogP contribution in [0.4, 0.5) is 10.1 Å². The summed E-state index contributed by atoms with van der Waals surface area (Å²) < 4.78 is 13.2. The zero-order valence-corrected chi connectivity index (χ0v) is 10.5. The number of nitrogens with two attached hydrogens (primary N) is 1. The monoisotopic (exact) mass is 276 g/mol. The third-order valence-corrected chi connectivity index (χ3v) is 2.25. The molecule has 100 valence electrons. The highest BCUT2D eigenvalue weighted by Crippen LogP contribution is 2.35. The highest BCUT2D eigenvalue weighted by Gasteiger charge is 2.22. The molecule has 0 aliphatic heterocycles. The minimum absolute atomic E-state index is 0. The van der Waals surface area contributed by atoms with E-state index < -0.39 is 28.2 Å². The van der Waals surface area contributed by atoms with E-state index in [4.69, 9.17) is 5.73 Å². The fourth-order valence-electron chi connectivity index (χ4n) is 1.51. The largest absolute Gasteiger partial charge is 0.502 e. The topological polar surface area (TPSA) is 89.4 Å². The average Bonchev–Trinajstić information content (AvgIpc) is 2.19. The van der Waals surface area contributed by atoms with E-state index in [1.807, 2.05) is 0 Å². The molecular weight excluding hydrogens is 263 g/mol. The molecule has 0 unspecified atom stereocenters. The molecule has 5 nitrogen and oxygen atoms in total. The molecule has 0 spiro atoms. The van der Waals surface area contributed by atoms with Gasteiger partial charge in [0.05, 0.1) is 11.0 Å². The van der Waals surface area contributed by atoms with Crippen LogP contribution in [0.15, 0.2) is 24.3 Å². The Morgan fingerprint density at radius 3 is 2.67 bits per heavy atom. The average molecular weight is 277 g/mol. The lowest BCUT2D eigenvalue weighted by atomic mass is 9.99. The van der Waals surface area contributed by atoms with Gasteiger partial charge >= 0.3 is 5.69 Å². The van der Waals surface area contributed by atoms with Crippen molar-refractivity contribution in [3.05, 3.63) is 45.8 Å². The third kappa shape index (κ3) is 3.68. The van der Waals surface area contributed by atoms with Gasteiger partial charge in [-0.25, -0.2) is 4.39 Å². The van der Waals surface area contributed by atoms with Gasteiger partial charge in [-0.15, -0.1) is 19.0 Å². The SMILES string of the molecule is C=C(C)C[C@@H](N)c1cc(F)cc([N+](=O)[O-])c1O.Cl. The maximum atomic E-state index is 13.2. The summed E-state index contributed by atoms with van der Waals surface area (Å²) in [6.45, 7) is 5.37. The Balaban J connectivity index is 0.00000289. The van der Waals surface area contributed by atoms with Crippen molar-refractivity contribution in [2.45, 2.75) is 19.4 Å². The number of aromatic hydroxyl groups is 1. The summed E-state index contributed by atoms with van der Waals surface area (Å²) in [5.41, 5.74) is 5.79. The van der Waals surface area contributed by atoms with Crippen LogP contribution in [0.5, 0.6) is 5.75 Å². The molecule has 1 aromatic carbocycles. The van der Waals surface area contributed by atoms with Crippen LogP contribution in [-0.2, 0) is 0 Å². The molecule has 0 aliphatic rings. The first-order valence-corrected chi connectivity index (χ1v) is 4.89. The van der Waals surface area contributed by atoms with E-state index in [1.165, 1.54) is 0 Å². The first kappa shape index (κ1) is 16.3. The fourth-order valence-corrected chi connectivity index (χ4v) is 1.51. The standard InChI is InChI=1S/C11H13FN2O3.ClH/c1-6(2)3-9(13)8-4-7(12)5-10(11(8)15)14(16)17;/h4-5,9,15H,1,3,13H2,2H3;1H/t9-;/m1./s1. The molecule has 7 heteroatoms. The Morgan fingerprint density at radius 1 is 1.67 bits per heavy atom. The van der Waals surface area contributed by atoms with Gasteiger partial charge in [0, 0.05) is 11.6 Å². The molecule has 3 N–H and O–H groups in total.